The van der Waals surface area contributed by atoms with Crippen LogP contribution in [0.3, 0.4) is 0 Å². The van der Waals surface area contributed by atoms with Crippen molar-refractivity contribution in [3.63, 3.8) is 0 Å². The van der Waals surface area contributed by atoms with E-state index in [9.17, 15) is 14.9 Å². The highest BCUT2D eigenvalue weighted by Gasteiger charge is 2.57. The van der Waals surface area contributed by atoms with E-state index >= 15 is 0 Å². The zero-order valence-corrected chi connectivity index (χ0v) is 11.4. The molecule has 1 aromatic rings. The summed E-state index contributed by atoms with van der Waals surface area (Å²) in [5, 5.41) is 10.9. The van der Waals surface area contributed by atoms with Gasteiger partial charge in [0.15, 0.2) is 0 Å². The van der Waals surface area contributed by atoms with Crippen LogP contribution in [0.5, 0.6) is 5.75 Å². The molecule has 0 bridgehead atoms. The van der Waals surface area contributed by atoms with Gasteiger partial charge in [0.2, 0.25) is 0 Å². The first-order valence-electron chi connectivity index (χ1n) is 6.98. The second-order valence-electron chi connectivity index (χ2n) is 5.75. The van der Waals surface area contributed by atoms with Crippen LogP contribution < -0.4 is 4.74 Å². The molecule has 0 aliphatic heterocycles. The number of benzene rings is 1. The van der Waals surface area contributed by atoms with Crippen LogP contribution in [-0.4, -0.2) is 16.8 Å². The Bertz CT molecular complexity index is 575. The Morgan fingerprint density at radius 1 is 1.35 bits per heavy atom. The van der Waals surface area contributed by atoms with Crippen LogP contribution in [-0.2, 0) is 4.79 Å². The minimum atomic E-state index is -0.403. The van der Waals surface area contributed by atoms with E-state index in [4.69, 9.17) is 4.74 Å². The van der Waals surface area contributed by atoms with Gasteiger partial charge in [-0.25, -0.2) is 0 Å². The Morgan fingerprint density at radius 3 is 2.65 bits per heavy atom. The number of ketones is 1. The fraction of sp³-hybridized carbons (Fsp3) is 0.533. The summed E-state index contributed by atoms with van der Waals surface area (Å²) in [7, 11) is 0. The summed E-state index contributed by atoms with van der Waals surface area (Å²) in [6.07, 6.45) is 4.24. The fourth-order valence-electron chi connectivity index (χ4n) is 3.46. The number of carbonyl (C=O) groups excluding carboxylic acids is 1. The molecular formula is C15H17NO4. The Balaban J connectivity index is 1.84. The highest BCUT2D eigenvalue weighted by atomic mass is 16.6. The van der Waals surface area contributed by atoms with Gasteiger partial charge in [-0.05, 0) is 25.8 Å². The van der Waals surface area contributed by atoms with Gasteiger partial charge >= 0.3 is 0 Å². The number of ether oxygens (including phenoxy) is 1. The SMILES string of the molecule is Cc1c(OC2CC(=O)C23CCCC3)cccc1[N+](=O)[O-]. The standard InChI is InChI=1S/C15H17NO4/c1-10-11(16(18)19)5-4-6-12(10)20-14-9-13(17)15(14)7-2-3-8-15/h4-6,14H,2-3,7-9H2,1H3. The van der Waals surface area contributed by atoms with Gasteiger partial charge in [0.05, 0.1) is 15.9 Å². The van der Waals surface area contributed by atoms with E-state index in [1.807, 2.05) is 0 Å². The van der Waals surface area contributed by atoms with Crippen molar-refractivity contribution in [2.24, 2.45) is 5.41 Å². The van der Waals surface area contributed by atoms with E-state index in [1.165, 1.54) is 6.07 Å². The van der Waals surface area contributed by atoms with E-state index in [-0.39, 0.29) is 17.2 Å². The van der Waals surface area contributed by atoms with Crippen molar-refractivity contribution in [2.45, 2.75) is 45.1 Å². The molecule has 0 saturated heterocycles. The molecule has 0 N–H and O–H groups in total. The minimum Gasteiger partial charge on any atom is -0.488 e. The summed E-state index contributed by atoms with van der Waals surface area (Å²) in [5.74, 6) is 0.825. The monoisotopic (exact) mass is 275 g/mol. The van der Waals surface area contributed by atoms with Gasteiger partial charge < -0.3 is 4.74 Å². The average molecular weight is 275 g/mol. The molecule has 2 fully saturated rings. The molecule has 1 spiro atoms. The van der Waals surface area contributed by atoms with E-state index < -0.39 is 4.92 Å². The lowest BCUT2D eigenvalue weighted by Gasteiger charge is -2.44. The van der Waals surface area contributed by atoms with Crippen LogP contribution in [0.4, 0.5) is 5.69 Å². The topological polar surface area (TPSA) is 69.4 Å². The normalized spacial score (nSPS) is 23.6. The highest BCUT2D eigenvalue weighted by Crippen LogP contribution is 2.52. The largest absolute Gasteiger partial charge is 0.488 e. The third-order valence-corrected chi connectivity index (χ3v) is 4.76. The lowest BCUT2D eigenvalue weighted by Crippen LogP contribution is -2.55. The number of nitro groups is 1. The van der Waals surface area contributed by atoms with Gasteiger partial charge in [-0.2, -0.15) is 0 Å². The molecule has 1 unspecified atom stereocenters. The molecule has 2 saturated carbocycles. The second kappa shape index (κ2) is 4.58. The number of hydrogen-bond donors (Lipinski definition) is 0. The Morgan fingerprint density at radius 2 is 2.05 bits per heavy atom. The third-order valence-electron chi connectivity index (χ3n) is 4.76. The molecule has 5 heteroatoms. The highest BCUT2D eigenvalue weighted by molar-refractivity contribution is 5.92. The molecular weight excluding hydrogens is 258 g/mol. The first-order chi connectivity index (χ1) is 9.54. The smallest absolute Gasteiger partial charge is 0.276 e. The molecule has 106 valence electrons. The van der Waals surface area contributed by atoms with Crippen LogP contribution in [0.25, 0.3) is 0 Å². The molecule has 20 heavy (non-hydrogen) atoms. The second-order valence-corrected chi connectivity index (χ2v) is 5.75. The number of carbonyl (C=O) groups is 1. The molecule has 0 aromatic heterocycles. The van der Waals surface area contributed by atoms with Gasteiger partial charge in [0.25, 0.3) is 5.69 Å². The van der Waals surface area contributed by atoms with Crippen LogP contribution >= 0.6 is 0 Å². The molecule has 1 aromatic carbocycles. The number of nitro benzene ring substituents is 1. The van der Waals surface area contributed by atoms with Crippen LogP contribution in [0.15, 0.2) is 18.2 Å². The van der Waals surface area contributed by atoms with Crippen molar-refractivity contribution in [1.82, 2.24) is 0 Å². The maximum absolute atomic E-state index is 11.9. The number of Topliss-reactive ketones (excluding diaryl/α,β-unsaturated/α-hetero) is 1. The first kappa shape index (κ1) is 13.1. The summed E-state index contributed by atoms with van der Waals surface area (Å²) < 4.78 is 5.95. The molecule has 0 radical (unpaired) electrons. The summed E-state index contributed by atoms with van der Waals surface area (Å²) in [6.45, 7) is 1.69. The van der Waals surface area contributed by atoms with Crippen molar-refractivity contribution in [3.05, 3.63) is 33.9 Å². The number of nitrogens with zero attached hydrogens (tertiary/aromatic N) is 1. The minimum absolute atomic E-state index is 0.0635. The van der Waals surface area contributed by atoms with Gasteiger partial charge in [0.1, 0.15) is 17.6 Å². The lowest BCUT2D eigenvalue weighted by atomic mass is 9.63. The quantitative estimate of drug-likeness (QED) is 0.627. The van der Waals surface area contributed by atoms with Crippen molar-refractivity contribution >= 4 is 11.5 Å². The van der Waals surface area contributed by atoms with Crippen molar-refractivity contribution in [3.8, 4) is 5.75 Å². The maximum Gasteiger partial charge on any atom is 0.276 e. The third kappa shape index (κ3) is 1.80. The van der Waals surface area contributed by atoms with Gasteiger partial charge in [-0.3, -0.25) is 14.9 Å². The summed E-state index contributed by atoms with van der Waals surface area (Å²) in [6, 6.07) is 4.84. The molecule has 0 heterocycles. The molecule has 2 aliphatic rings. The van der Waals surface area contributed by atoms with Crippen molar-refractivity contribution in [2.75, 3.05) is 0 Å². The van der Waals surface area contributed by atoms with Crippen molar-refractivity contribution < 1.29 is 14.5 Å². The zero-order valence-electron chi connectivity index (χ0n) is 11.4. The van der Waals surface area contributed by atoms with E-state index in [0.717, 1.165) is 25.7 Å². The fourth-order valence-corrected chi connectivity index (χ4v) is 3.46. The van der Waals surface area contributed by atoms with E-state index in [1.54, 1.807) is 19.1 Å². The van der Waals surface area contributed by atoms with Gasteiger partial charge in [-0.15, -0.1) is 0 Å². The molecule has 1 atom stereocenters. The van der Waals surface area contributed by atoms with Crippen LogP contribution in [0, 0.1) is 22.5 Å². The van der Waals surface area contributed by atoms with Gasteiger partial charge in [0, 0.05) is 12.5 Å². The zero-order chi connectivity index (χ0) is 14.3. The van der Waals surface area contributed by atoms with Crippen molar-refractivity contribution in [1.29, 1.82) is 0 Å². The summed E-state index contributed by atoms with van der Waals surface area (Å²) >= 11 is 0. The van der Waals surface area contributed by atoms with Crippen LogP contribution in [0.2, 0.25) is 0 Å². The van der Waals surface area contributed by atoms with Gasteiger partial charge in [-0.1, -0.05) is 18.9 Å². The summed E-state index contributed by atoms with van der Waals surface area (Å²) in [5.41, 5.74) is 0.287. The molecule has 5 nitrogen and oxygen atoms in total. The Kier molecular flexibility index (Phi) is 3.00. The Labute approximate surface area is 117 Å². The van der Waals surface area contributed by atoms with Crippen LogP contribution in [0.1, 0.15) is 37.7 Å². The molecule has 2 aliphatic carbocycles. The molecule has 0 amide bonds. The predicted molar refractivity (Wildman–Crippen MR) is 72.8 cm³/mol. The number of rotatable bonds is 3. The number of hydrogen-bond acceptors (Lipinski definition) is 4. The first-order valence-corrected chi connectivity index (χ1v) is 6.98. The molecule has 3 rings (SSSR count). The van der Waals surface area contributed by atoms with E-state index in [2.05, 4.69) is 0 Å². The summed E-state index contributed by atoms with van der Waals surface area (Å²) in [4.78, 5) is 22.5. The van der Waals surface area contributed by atoms with E-state index in [0.29, 0.717) is 23.5 Å². The lowest BCUT2D eigenvalue weighted by molar-refractivity contribution is -0.385. The Hall–Kier alpha value is -1.91. The predicted octanol–water partition coefficient (Wildman–Crippen LogP) is 3.18. The average Bonchev–Trinajstić information content (AvgIpc) is 2.92. The maximum atomic E-state index is 11.9.